The van der Waals surface area contributed by atoms with Crippen molar-refractivity contribution in [2.75, 3.05) is 0 Å². The molecule has 0 saturated heterocycles. The van der Waals surface area contributed by atoms with Gasteiger partial charge < -0.3 is 14.8 Å². The van der Waals surface area contributed by atoms with Crippen molar-refractivity contribution < 1.29 is 19.1 Å². The Morgan fingerprint density at radius 1 is 1.50 bits per heavy atom. The molecule has 0 fully saturated rings. The van der Waals surface area contributed by atoms with Crippen LogP contribution < -0.4 is 5.32 Å². The molecule has 1 heterocycles. The molecule has 98 valence electrons. The third kappa shape index (κ3) is 5.34. The number of aryl methyl sites for hydroxylation is 1. The van der Waals surface area contributed by atoms with E-state index in [-0.39, 0.29) is 18.4 Å². The smallest absolute Gasteiger partial charge is 0.303 e. The summed E-state index contributed by atoms with van der Waals surface area (Å²) in [7, 11) is 0. The number of amides is 1. The van der Waals surface area contributed by atoms with Gasteiger partial charge in [0.25, 0.3) is 0 Å². The fourth-order valence-electron chi connectivity index (χ4n) is 1.40. The van der Waals surface area contributed by atoms with Gasteiger partial charge >= 0.3 is 5.97 Å². The van der Waals surface area contributed by atoms with Gasteiger partial charge in [-0.25, -0.2) is 0 Å². The maximum Gasteiger partial charge on any atom is 0.303 e. The van der Waals surface area contributed by atoms with Gasteiger partial charge in [0.05, 0.1) is 0 Å². The first kappa shape index (κ1) is 14.0. The minimum Gasteiger partial charge on any atom is -0.481 e. The summed E-state index contributed by atoms with van der Waals surface area (Å²) in [6, 6.07) is 3.41. The Kier molecular flexibility index (Phi) is 5.17. The molecule has 1 rings (SSSR count). The van der Waals surface area contributed by atoms with Crippen molar-refractivity contribution in [1.29, 1.82) is 0 Å². The normalized spacial score (nSPS) is 12.6. The molecule has 0 aliphatic heterocycles. The van der Waals surface area contributed by atoms with Gasteiger partial charge in [-0.15, -0.1) is 0 Å². The lowest BCUT2D eigenvalue weighted by molar-refractivity contribution is -0.137. The molecule has 0 radical (unpaired) electrons. The largest absolute Gasteiger partial charge is 0.481 e. The van der Waals surface area contributed by atoms with Crippen LogP contribution in [0.2, 0.25) is 0 Å². The van der Waals surface area contributed by atoms with Crippen LogP contribution in [0.25, 0.3) is 6.08 Å². The molecular formula is C13H17NO4. The summed E-state index contributed by atoms with van der Waals surface area (Å²) in [4.78, 5) is 21.9. The van der Waals surface area contributed by atoms with Crippen LogP contribution in [0.1, 0.15) is 31.3 Å². The molecule has 18 heavy (non-hydrogen) atoms. The molecule has 0 aromatic carbocycles. The number of nitrogens with one attached hydrogen (secondary N) is 1. The maximum absolute atomic E-state index is 11.5. The molecule has 5 heteroatoms. The number of carboxylic acids is 1. The summed E-state index contributed by atoms with van der Waals surface area (Å²) in [6.07, 6.45) is 3.40. The van der Waals surface area contributed by atoms with Gasteiger partial charge in [-0.2, -0.15) is 0 Å². The lowest BCUT2D eigenvalue weighted by atomic mass is 10.2. The Morgan fingerprint density at radius 3 is 2.78 bits per heavy atom. The second-order valence-corrected chi connectivity index (χ2v) is 4.12. The van der Waals surface area contributed by atoms with Gasteiger partial charge in [0.15, 0.2) is 0 Å². The number of hydrogen-bond donors (Lipinski definition) is 2. The molecule has 2 N–H and O–H groups in total. The highest BCUT2D eigenvalue weighted by Crippen LogP contribution is 2.07. The number of carbonyl (C=O) groups is 2. The molecule has 0 aliphatic rings. The summed E-state index contributed by atoms with van der Waals surface area (Å²) in [5.41, 5.74) is 0. The molecular weight excluding hydrogens is 234 g/mol. The molecule has 1 aromatic rings. The van der Waals surface area contributed by atoms with Crippen LogP contribution >= 0.6 is 0 Å². The van der Waals surface area contributed by atoms with E-state index in [4.69, 9.17) is 9.52 Å². The van der Waals surface area contributed by atoms with Crippen LogP contribution in [0.4, 0.5) is 0 Å². The maximum atomic E-state index is 11.5. The van der Waals surface area contributed by atoms with Crippen LogP contribution in [0.3, 0.4) is 0 Å². The van der Waals surface area contributed by atoms with Crippen molar-refractivity contribution in [1.82, 2.24) is 5.32 Å². The monoisotopic (exact) mass is 251 g/mol. The molecule has 1 amide bonds. The van der Waals surface area contributed by atoms with E-state index in [2.05, 4.69) is 5.32 Å². The summed E-state index contributed by atoms with van der Waals surface area (Å²) in [5, 5.41) is 11.2. The highest BCUT2D eigenvalue weighted by Gasteiger charge is 2.07. The first-order valence-electron chi connectivity index (χ1n) is 5.74. The lowest BCUT2D eigenvalue weighted by Gasteiger charge is -2.10. The van der Waals surface area contributed by atoms with Crippen molar-refractivity contribution in [3.05, 3.63) is 29.7 Å². The van der Waals surface area contributed by atoms with E-state index in [1.54, 1.807) is 19.1 Å². The van der Waals surface area contributed by atoms with E-state index in [0.29, 0.717) is 12.2 Å². The number of furan rings is 1. The molecule has 1 unspecified atom stereocenters. The molecule has 0 bridgehead atoms. The third-order valence-electron chi connectivity index (χ3n) is 2.34. The quantitative estimate of drug-likeness (QED) is 0.757. The molecule has 0 saturated carbocycles. The van der Waals surface area contributed by atoms with Crippen molar-refractivity contribution in [2.24, 2.45) is 0 Å². The van der Waals surface area contributed by atoms with Crippen LogP contribution in [-0.4, -0.2) is 23.0 Å². The Hall–Kier alpha value is -2.04. The average Bonchev–Trinajstić information content (AvgIpc) is 2.70. The number of rotatable bonds is 6. The first-order valence-corrected chi connectivity index (χ1v) is 5.74. The topological polar surface area (TPSA) is 79.5 Å². The molecule has 1 aromatic heterocycles. The molecule has 1 atom stereocenters. The predicted octanol–water partition coefficient (Wildman–Crippen LogP) is 1.97. The number of carbonyl (C=O) groups excluding carboxylic acids is 1. The van der Waals surface area contributed by atoms with E-state index in [0.717, 1.165) is 5.76 Å². The zero-order valence-electron chi connectivity index (χ0n) is 10.5. The standard InChI is InChI=1S/C13H17NO4/c1-9(3-8-13(16)17)14-12(15)7-6-11-5-4-10(2)18-11/h4-7,9H,3,8H2,1-2H3,(H,14,15)(H,16,17). The second kappa shape index (κ2) is 6.64. The van der Waals surface area contributed by atoms with E-state index >= 15 is 0 Å². The molecule has 5 nitrogen and oxygen atoms in total. The van der Waals surface area contributed by atoms with Crippen LogP contribution in [0.5, 0.6) is 0 Å². The fraction of sp³-hybridized carbons (Fsp3) is 0.385. The Labute approximate surface area is 105 Å². The van der Waals surface area contributed by atoms with Gasteiger partial charge in [-0.3, -0.25) is 9.59 Å². The van der Waals surface area contributed by atoms with Crippen molar-refractivity contribution in [3.8, 4) is 0 Å². The summed E-state index contributed by atoms with van der Waals surface area (Å²) >= 11 is 0. The van der Waals surface area contributed by atoms with Crippen LogP contribution in [0.15, 0.2) is 22.6 Å². The Morgan fingerprint density at radius 2 is 2.22 bits per heavy atom. The molecule has 0 aliphatic carbocycles. The summed E-state index contributed by atoms with van der Waals surface area (Å²) in [5.74, 6) is 0.269. The SMILES string of the molecule is Cc1ccc(C=CC(=O)NC(C)CCC(=O)O)o1. The Bertz CT molecular complexity index is 448. The van der Waals surface area contributed by atoms with Crippen molar-refractivity contribution >= 4 is 18.0 Å². The van der Waals surface area contributed by atoms with Gasteiger partial charge in [0, 0.05) is 18.5 Å². The van der Waals surface area contributed by atoms with Gasteiger partial charge in [-0.1, -0.05) is 0 Å². The van der Waals surface area contributed by atoms with E-state index < -0.39 is 5.97 Å². The minimum atomic E-state index is -0.863. The van der Waals surface area contributed by atoms with E-state index in [1.807, 2.05) is 13.0 Å². The lowest BCUT2D eigenvalue weighted by Crippen LogP contribution is -2.31. The number of aliphatic carboxylic acids is 1. The fourth-order valence-corrected chi connectivity index (χ4v) is 1.40. The first-order chi connectivity index (χ1) is 8.47. The van der Waals surface area contributed by atoms with Crippen molar-refractivity contribution in [3.63, 3.8) is 0 Å². The van der Waals surface area contributed by atoms with Crippen LogP contribution in [0, 0.1) is 6.92 Å². The van der Waals surface area contributed by atoms with Gasteiger partial charge in [-0.05, 0) is 38.5 Å². The zero-order chi connectivity index (χ0) is 13.5. The van der Waals surface area contributed by atoms with Gasteiger partial charge in [0.1, 0.15) is 11.5 Å². The van der Waals surface area contributed by atoms with E-state index in [9.17, 15) is 9.59 Å². The average molecular weight is 251 g/mol. The van der Waals surface area contributed by atoms with Crippen molar-refractivity contribution in [2.45, 2.75) is 32.7 Å². The summed E-state index contributed by atoms with van der Waals surface area (Å²) in [6.45, 7) is 3.59. The highest BCUT2D eigenvalue weighted by atomic mass is 16.4. The summed E-state index contributed by atoms with van der Waals surface area (Å²) < 4.78 is 5.27. The van der Waals surface area contributed by atoms with E-state index in [1.165, 1.54) is 6.08 Å². The third-order valence-corrected chi connectivity index (χ3v) is 2.34. The highest BCUT2D eigenvalue weighted by molar-refractivity contribution is 5.91. The zero-order valence-corrected chi connectivity index (χ0v) is 10.5. The molecule has 0 spiro atoms. The Balaban J connectivity index is 2.37. The minimum absolute atomic E-state index is 0.0442. The van der Waals surface area contributed by atoms with Gasteiger partial charge in [0.2, 0.25) is 5.91 Å². The number of carboxylic acid groups (broad SMARTS) is 1. The number of hydrogen-bond acceptors (Lipinski definition) is 3. The predicted molar refractivity (Wildman–Crippen MR) is 67.0 cm³/mol. The second-order valence-electron chi connectivity index (χ2n) is 4.12. The van der Waals surface area contributed by atoms with Crippen LogP contribution in [-0.2, 0) is 9.59 Å².